The van der Waals surface area contributed by atoms with E-state index in [9.17, 15) is 26.0 Å². The van der Waals surface area contributed by atoms with Crippen LogP contribution in [0.2, 0.25) is 0 Å². The second kappa shape index (κ2) is 9.24. The molecule has 4 N–H and O–H groups in total. The number of carbonyl (C=O) groups is 1. The molecule has 31 heavy (non-hydrogen) atoms. The second-order valence-electron chi connectivity index (χ2n) is 6.43. The molecule has 2 aromatic carbocycles. The van der Waals surface area contributed by atoms with E-state index >= 15 is 0 Å². The lowest BCUT2D eigenvalue weighted by Gasteiger charge is -2.09. The molecule has 0 fully saturated rings. The van der Waals surface area contributed by atoms with Crippen LogP contribution < -0.4 is 15.2 Å². The molecule has 0 bridgehead atoms. The third-order valence-corrected chi connectivity index (χ3v) is 7.43. The number of thiophene rings is 1. The Bertz CT molecular complexity index is 1290. The lowest BCUT2D eigenvalue weighted by molar-refractivity contribution is 0.102. The molecule has 1 aromatic heterocycles. The molecule has 0 aliphatic carbocycles. The van der Waals surface area contributed by atoms with Crippen molar-refractivity contribution in [2.45, 2.75) is 16.2 Å². The van der Waals surface area contributed by atoms with Crippen LogP contribution in [0.25, 0.3) is 0 Å². The average molecular weight is 484 g/mol. The molecule has 0 atom stereocenters. The van der Waals surface area contributed by atoms with Crippen LogP contribution >= 0.6 is 11.3 Å². The minimum absolute atomic E-state index is 0.0162. The molecule has 0 saturated heterocycles. The number of anilines is 1. The summed E-state index contributed by atoms with van der Waals surface area (Å²) in [4.78, 5) is 12.9. The maximum atomic E-state index is 13.6. The Balaban J connectivity index is 1.68. The van der Waals surface area contributed by atoms with Crippen molar-refractivity contribution in [2.75, 3.05) is 11.9 Å². The molecule has 0 spiro atoms. The number of benzene rings is 2. The first-order valence-electron chi connectivity index (χ1n) is 8.81. The van der Waals surface area contributed by atoms with E-state index in [1.54, 1.807) is 0 Å². The Morgan fingerprint density at radius 1 is 1.00 bits per heavy atom. The first-order valence-corrected chi connectivity index (χ1v) is 12.7. The zero-order valence-electron chi connectivity index (χ0n) is 15.9. The molecule has 0 radical (unpaired) electrons. The SMILES string of the molecule is NS(=O)(=O)c1cc(F)cc(NC(=O)c2ccc(S(=O)(=O)NCCc3cccs3)cc2)c1. The molecule has 164 valence electrons. The first-order chi connectivity index (χ1) is 14.5. The van der Waals surface area contributed by atoms with E-state index in [2.05, 4.69) is 10.0 Å². The zero-order valence-corrected chi connectivity index (χ0v) is 18.4. The van der Waals surface area contributed by atoms with Gasteiger partial charge in [-0.3, -0.25) is 4.79 Å². The number of rotatable bonds is 8. The fourth-order valence-corrected chi connectivity index (χ4v) is 4.94. The van der Waals surface area contributed by atoms with Crippen LogP contribution in [0.4, 0.5) is 10.1 Å². The Labute approximate surface area is 183 Å². The average Bonchev–Trinajstić information content (AvgIpc) is 3.20. The zero-order chi connectivity index (χ0) is 22.6. The minimum atomic E-state index is -4.16. The van der Waals surface area contributed by atoms with Gasteiger partial charge in [0.25, 0.3) is 5.91 Å². The number of primary sulfonamides is 1. The summed E-state index contributed by atoms with van der Waals surface area (Å²) in [7, 11) is -7.91. The Morgan fingerprint density at radius 2 is 1.71 bits per heavy atom. The van der Waals surface area contributed by atoms with Gasteiger partial charge in [0.05, 0.1) is 9.79 Å². The van der Waals surface area contributed by atoms with Gasteiger partial charge in [0.2, 0.25) is 20.0 Å². The normalized spacial score (nSPS) is 11.9. The van der Waals surface area contributed by atoms with E-state index < -0.39 is 36.7 Å². The minimum Gasteiger partial charge on any atom is -0.322 e. The van der Waals surface area contributed by atoms with Gasteiger partial charge >= 0.3 is 0 Å². The predicted octanol–water partition coefficient (Wildman–Crippen LogP) is 2.31. The summed E-state index contributed by atoms with van der Waals surface area (Å²) >= 11 is 1.54. The van der Waals surface area contributed by atoms with Crippen molar-refractivity contribution in [2.24, 2.45) is 5.14 Å². The van der Waals surface area contributed by atoms with E-state index in [1.807, 2.05) is 17.5 Å². The molecule has 0 unspecified atom stereocenters. The van der Waals surface area contributed by atoms with Gasteiger partial charge in [0.1, 0.15) is 5.82 Å². The third-order valence-electron chi connectivity index (χ3n) is 4.13. The van der Waals surface area contributed by atoms with E-state index in [0.717, 1.165) is 23.1 Å². The summed E-state index contributed by atoms with van der Waals surface area (Å²) in [6.45, 7) is 0.233. The van der Waals surface area contributed by atoms with E-state index in [1.165, 1.54) is 35.6 Å². The molecule has 3 rings (SSSR count). The molecule has 0 aliphatic heterocycles. The number of hydrogen-bond donors (Lipinski definition) is 3. The van der Waals surface area contributed by atoms with Gasteiger partial charge < -0.3 is 5.32 Å². The summed E-state index contributed by atoms with van der Waals surface area (Å²) in [5.74, 6) is -1.57. The quantitative estimate of drug-likeness (QED) is 0.452. The van der Waals surface area contributed by atoms with E-state index in [-0.39, 0.29) is 22.7 Å². The van der Waals surface area contributed by atoms with Crippen molar-refractivity contribution in [3.8, 4) is 0 Å². The molecule has 0 saturated carbocycles. The van der Waals surface area contributed by atoms with Gasteiger partial charge in [0, 0.05) is 22.7 Å². The number of amides is 1. The first kappa shape index (κ1) is 23.0. The topological polar surface area (TPSA) is 135 Å². The standard InChI is InChI=1S/C19H18FN3O5S3/c20-14-10-15(12-18(11-14)30(21,25)26)23-19(24)13-3-5-17(6-4-13)31(27,28)22-8-7-16-2-1-9-29-16/h1-6,9-12,22H,7-8H2,(H,23,24)(H2,21,25,26). The van der Waals surface area contributed by atoms with E-state index in [0.29, 0.717) is 6.42 Å². The lowest BCUT2D eigenvalue weighted by atomic mass is 10.2. The predicted molar refractivity (Wildman–Crippen MR) is 115 cm³/mol. The van der Waals surface area contributed by atoms with Crippen LogP contribution in [0.5, 0.6) is 0 Å². The van der Waals surface area contributed by atoms with Crippen LogP contribution in [-0.2, 0) is 26.5 Å². The fourth-order valence-electron chi connectivity index (χ4n) is 2.63. The number of nitrogens with one attached hydrogen (secondary N) is 2. The Hall–Kier alpha value is -2.64. The number of hydrogen-bond acceptors (Lipinski definition) is 6. The number of sulfonamides is 2. The van der Waals surface area contributed by atoms with Crippen LogP contribution in [0, 0.1) is 5.82 Å². The molecular weight excluding hydrogens is 465 g/mol. The highest BCUT2D eigenvalue weighted by Crippen LogP contribution is 2.19. The number of carbonyl (C=O) groups excluding carboxylic acids is 1. The lowest BCUT2D eigenvalue weighted by Crippen LogP contribution is -2.26. The van der Waals surface area contributed by atoms with Crippen molar-refractivity contribution < 1.29 is 26.0 Å². The summed E-state index contributed by atoms with van der Waals surface area (Å²) in [6, 6.07) is 11.6. The van der Waals surface area contributed by atoms with Gasteiger partial charge in [-0.05, 0) is 60.3 Å². The monoisotopic (exact) mass is 483 g/mol. The molecular formula is C19H18FN3O5S3. The van der Waals surface area contributed by atoms with Crippen molar-refractivity contribution in [3.05, 3.63) is 76.2 Å². The second-order valence-corrected chi connectivity index (χ2v) is 10.8. The van der Waals surface area contributed by atoms with E-state index in [4.69, 9.17) is 5.14 Å². The smallest absolute Gasteiger partial charge is 0.255 e. The molecule has 12 heteroatoms. The molecule has 1 amide bonds. The molecule has 3 aromatic rings. The number of nitrogens with two attached hydrogens (primary N) is 1. The Morgan fingerprint density at radius 3 is 2.32 bits per heavy atom. The van der Waals surface area contributed by atoms with Crippen LogP contribution in [0.15, 0.2) is 69.8 Å². The van der Waals surface area contributed by atoms with Gasteiger partial charge in [0.15, 0.2) is 0 Å². The molecule has 8 nitrogen and oxygen atoms in total. The summed E-state index contributed by atoms with van der Waals surface area (Å²) < 4.78 is 63.7. The summed E-state index contributed by atoms with van der Waals surface area (Å²) in [5.41, 5.74) is -0.0140. The highest BCUT2D eigenvalue weighted by Gasteiger charge is 2.16. The third kappa shape index (κ3) is 6.18. The van der Waals surface area contributed by atoms with Crippen LogP contribution in [0.1, 0.15) is 15.2 Å². The molecule has 0 aliphatic rings. The van der Waals surface area contributed by atoms with Crippen molar-refractivity contribution in [1.82, 2.24) is 4.72 Å². The van der Waals surface area contributed by atoms with Crippen molar-refractivity contribution >= 4 is 43.0 Å². The maximum absolute atomic E-state index is 13.6. The van der Waals surface area contributed by atoms with Gasteiger partial charge in [-0.2, -0.15) is 0 Å². The molecule has 1 heterocycles. The summed E-state index contributed by atoms with van der Waals surface area (Å²) in [6.07, 6.45) is 0.561. The van der Waals surface area contributed by atoms with Crippen LogP contribution in [-0.4, -0.2) is 29.3 Å². The highest BCUT2D eigenvalue weighted by molar-refractivity contribution is 7.89. The van der Waals surface area contributed by atoms with Crippen LogP contribution in [0.3, 0.4) is 0 Å². The van der Waals surface area contributed by atoms with Gasteiger partial charge in [-0.15, -0.1) is 11.3 Å². The largest absolute Gasteiger partial charge is 0.322 e. The number of halogens is 1. The highest BCUT2D eigenvalue weighted by atomic mass is 32.2. The summed E-state index contributed by atoms with van der Waals surface area (Å²) in [5, 5.41) is 9.25. The van der Waals surface area contributed by atoms with Crippen molar-refractivity contribution in [3.63, 3.8) is 0 Å². The van der Waals surface area contributed by atoms with Gasteiger partial charge in [-0.1, -0.05) is 6.07 Å². The van der Waals surface area contributed by atoms with Crippen molar-refractivity contribution in [1.29, 1.82) is 0 Å². The Kier molecular flexibility index (Phi) is 6.86. The fraction of sp³-hybridized carbons (Fsp3) is 0.105. The van der Waals surface area contributed by atoms with Gasteiger partial charge in [-0.25, -0.2) is 31.1 Å². The maximum Gasteiger partial charge on any atom is 0.255 e.